The van der Waals surface area contributed by atoms with Crippen LogP contribution in [0.5, 0.6) is 0 Å². The number of carbonyl (C=O) groups excluding carboxylic acids is 1. The first-order valence-electron chi connectivity index (χ1n) is 7.82. The van der Waals surface area contributed by atoms with Gasteiger partial charge in [-0.2, -0.15) is 0 Å². The summed E-state index contributed by atoms with van der Waals surface area (Å²) >= 11 is 0. The summed E-state index contributed by atoms with van der Waals surface area (Å²) in [6, 6.07) is 13.0. The van der Waals surface area contributed by atoms with E-state index < -0.39 is 29.1 Å². The molecule has 1 heterocycles. The number of aromatic amines is 1. The molecule has 6 heteroatoms. The Balaban J connectivity index is 2.27. The van der Waals surface area contributed by atoms with E-state index in [2.05, 4.69) is 4.98 Å². The molecular weight excluding hydrogens is 340 g/mol. The van der Waals surface area contributed by atoms with Gasteiger partial charge in [-0.05, 0) is 47.0 Å². The van der Waals surface area contributed by atoms with Crippen LogP contribution in [0.3, 0.4) is 0 Å². The van der Waals surface area contributed by atoms with Crippen LogP contribution in [0, 0.1) is 11.6 Å². The van der Waals surface area contributed by atoms with Gasteiger partial charge in [-0.3, -0.25) is 4.79 Å². The zero-order valence-corrected chi connectivity index (χ0v) is 13.8. The van der Waals surface area contributed by atoms with Crippen LogP contribution in [0.1, 0.15) is 33.0 Å². The van der Waals surface area contributed by atoms with Crippen LogP contribution in [0.4, 0.5) is 8.78 Å². The molecule has 0 saturated heterocycles. The zero-order valence-electron chi connectivity index (χ0n) is 13.8. The fourth-order valence-electron chi connectivity index (χ4n) is 2.91. The minimum Gasteiger partial charge on any atom is -0.465 e. The normalized spacial score (nSPS) is 10.8. The number of esters is 1. The molecule has 0 amide bonds. The van der Waals surface area contributed by atoms with E-state index in [1.54, 1.807) is 30.3 Å². The molecule has 2 aromatic carbocycles. The lowest BCUT2D eigenvalue weighted by molar-refractivity contribution is 0.0597. The van der Waals surface area contributed by atoms with Gasteiger partial charge in [-0.1, -0.05) is 24.3 Å². The Bertz CT molecular complexity index is 934. The largest absolute Gasteiger partial charge is 0.465 e. The second kappa shape index (κ2) is 7.31. The smallest absolute Gasteiger partial charge is 0.343 e. The molecule has 0 spiro atoms. The lowest BCUT2D eigenvalue weighted by Gasteiger charge is -2.20. The van der Waals surface area contributed by atoms with Crippen LogP contribution in [-0.2, 0) is 4.74 Å². The van der Waals surface area contributed by atoms with E-state index in [0.717, 1.165) is 0 Å². The number of nitrogens with one attached hydrogen (secondary N) is 1. The number of carbonyl (C=O) groups is 1. The molecule has 0 atom stereocenters. The topological polar surface area (TPSA) is 59.2 Å². The number of aromatic nitrogens is 1. The maximum Gasteiger partial charge on any atom is 0.343 e. The number of H-pyrrole nitrogens is 1. The van der Waals surface area contributed by atoms with Crippen LogP contribution >= 0.6 is 0 Å². The van der Waals surface area contributed by atoms with E-state index >= 15 is 0 Å². The Morgan fingerprint density at radius 3 is 1.88 bits per heavy atom. The summed E-state index contributed by atoms with van der Waals surface area (Å²) in [7, 11) is 1.18. The Morgan fingerprint density at radius 1 is 0.923 bits per heavy atom. The van der Waals surface area contributed by atoms with Gasteiger partial charge in [0.2, 0.25) is 0 Å². The van der Waals surface area contributed by atoms with Crippen LogP contribution in [0.15, 0.2) is 65.6 Å². The third-order valence-corrected chi connectivity index (χ3v) is 4.10. The Kier molecular flexibility index (Phi) is 4.93. The Morgan fingerprint density at radius 2 is 1.42 bits per heavy atom. The number of rotatable bonds is 4. The van der Waals surface area contributed by atoms with E-state index in [1.807, 2.05) is 0 Å². The third-order valence-electron chi connectivity index (χ3n) is 4.10. The standard InChI is InChI=1S/C20H15F2NO3/c1-26-20(25)18-16(10-11-23-19(18)24)17(12-2-6-14(21)7-3-12)13-4-8-15(22)9-5-13/h2-11,17H,1H3,(H,23,24). The van der Waals surface area contributed by atoms with E-state index in [4.69, 9.17) is 4.74 Å². The SMILES string of the molecule is COC(=O)c1c(C(c2ccc(F)cc2)c2ccc(F)cc2)cc[nH]c1=O. The summed E-state index contributed by atoms with van der Waals surface area (Å²) in [5.74, 6) is -2.18. The molecule has 3 aromatic rings. The number of pyridine rings is 1. The summed E-state index contributed by atoms with van der Waals surface area (Å²) < 4.78 is 31.4. The number of hydrogen-bond acceptors (Lipinski definition) is 3. The van der Waals surface area contributed by atoms with Crippen molar-refractivity contribution in [1.29, 1.82) is 0 Å². The summed E-state index contributed by atoms with van der Waals surface area (Å²) in [4.78, 5) is 26.9. The number of benzene rings is 2. The molecule has 0 radical (unpaired) electrons. The van der Waals surface area contributed by atoms with Gasteiger partial charge in [-0.15, -0.1) is 0 Å². The average Bonchev–Trinajstić information content (AvgIpc) is 2.64. The molecule has 132 valence electrons. The Hall–Kier alpha value is -3.28. The molecule has 4 nitrogen and oxygen atoms in total. The molecule has 0 fully saturated rings. The average molecular weight is 355 g/mol. The quantitative estimate of drug-likeness (QED) is 0.727. The van der Waals surface area contributed by atoms with Crippen molar-refractivity contribution in [2.45, 2.75) is 5.92 Å². The van der Waals surface area contributed by atoms with Crippen LogP contribution in [0.25, 0.3) is 0 Å². The summed E-state index contributed by atoms with van der Waals surface area (Å²) in [6.07, 6.45) is 1.42. The van der Waals surface area contributed by atoms with Crippen molar-refractivity contribution in [2.75, 3.05) is 7.11 Å². The highest BCUT2D eigenvalue weighted by atomic mass is 19.1. The molecule has 1 N–H and O–H groups in total. The van der Waals surface area contributed by atoms with E-state index in [-0.39, 0.29) is 5.56 Å². The van der Waals surface area contributed by atoms with Gasteiger partial charge in [0, 0.05) is 12.1 Å². The Labute approximate surface area is 148 Å². The number of halogens is 2. The van der Waals surface area contributed by atoms with Gasteiger partial charge in [0.15, 0.2) is 0 Å². The monoisotopic (exact) mass is 355 g/mol. The molecule has 0 bridgehead atoms. The maximum atomic E-state index is 13.4. The van der Waals surface area contributed by atoms with Crippen molar-refractivity contribution in [2.24, 2.45) is 0 Å². The van der Waals surface area contributed by atoms with Gasteiger partial charge >= 0.3 is 5.97 Å². The van der Waals surface area contributed by atoms with Crippen LogP contribution < -0.4 is 5.56 Å². The highest BCUT2D eigenvalue weighted by Crippen LogP contribution is 2.33. The first kappa shape index (κ1) is 17.5. The predicted molar refractivity (Wildman–Crippen MR) is 92.1 cm³/mol. The molecular formula is C20H15F2NO3. The summed E-state index contributed by atoms with van der Waals surface area (Å²) in [5.41, 5.74) is 0.943. The lowest BCUT2D eigenvalue weighted by atomic mass is 9.83. The molecule has 0 unspecified atom stereocenters. The number of methoxy groups -OCH3 is 1. The fraction of sp³-hybridized carbons (Fsp3) is 0.100. The van der Waals surface area contributed by atoms with Gasteiger partial charge in [-0.25, -0.2) is 13.6 Å². The third kappa shape index (κ3) is 3.39. The maximum absolute atomic E-state index is 13.4. The highest BCUT2D eigenvalue weighted by molar-refractivity contribution is 5.91. The predicted octanol–water partition coefficient (Wildman–Crippen LogP) is 3.62. The molecule has 0 aliphatic rings. The van der Waals surface area contributed by atoms with Crippen LogP contribution in [-0.4, -0.2) is 18.1 Å². The number of hydrogen-bond donors (Lipinski definition) is 1. The van der Waals surface area contributed by atoms with Crippen LogP contribution in [0.2, 0.25) is 0 Å². The minimum absolute atomic E-state index is 0.145. The van der Waals surface area contributed by atoms with Gasteiger partial charge in [0.05, 0.1) is 7.11 Å². The molecule has 0 aliphatic heterocycles. The second-order valence-corrected chi connectivity index (χ2v) is 5.66. The first-order chi connectivity index (χ1) is 12.5. The van der Waals surface area contributed by atoms with E-state index in [9.17, 15) is 18.4 Å². The minimum atomic E-state index is -0.781. The van der Waals surface area contributed by atoms with Crippen molar-refractivity contribution in [3.63, 3.8) is 0 Å². The molecule has 3 rings (SSSR count). The molecule has 0 saturated carbocycles. The van der Waals surface area contributed by atoms with Gasteiger partial charge in [0.25, 0.3) is 5.56 Å². The van der Waals surface area contributed by atoms with Gasteiger partial charge < -0.3 is 9.72 Å². The van der Waals surface area contributed by atoms with E-state index in [1.165, 1.54) is 37.6 Å². The van der Waals surface area contributed by atoms with Gasteiger partial charge in [0.1, 0.15) is 17.2 Å². The summed E-state index contributed by atoms with van der Waals surface area (Å²) in [5, 5.41) is 0. The summed E-state index contributed by atoms with van der Waals surface area (Å²) in [6.45, 7) is 0. The van der Waals surface area contributed by atoms with Crippen molar-refractivity contribution in [3.8, 4) is 0 Å². The zero-order chi connectivity index (χ0) is 18.7. The lowest BCUT2D eigenvalue weighted by Crippen LogP contribution is -2.23. The van der Waals surface area contributed by atoms with Crippen molar-refractivity contribution in [3.05, 3.63) is 105 Å². The highest BCUT2D eigenvalue weighted by Gasteiger charge is 2.25. The molecule has 0 aliphatic carbocycles. The van der Waals surface area contributed by atoms with Crippen molar-refractivity contribution in [1.82, 2.24) is 4.98 Å². The first-order valence-corrected chi connectivity index (χ1v) is 7.82. The second-order valence-electron chi connectivity index (χ2n) is 5.66. The van der Waals surface area contributed by atoms with E-state index in [0.29, 0.717) is 16.7 Å². The fourth-order valence-corrected chi connectivity index (χ4v) is 2.91. The van der Waals surface area contributed by atoms with Crippen molar-refractivity contribution < 1.29 is 18.3 Å². The molecule has 26 heavy (non-hydrogen) atoms. The van der Waals surface area contributed by atoms with Crippen molar-refractivity contribution >= 4 is 5.97 Å². The number of ether oxygens (including phenoxy) is 1. The molecule has 1 aromatic heterocycles.